The smallest absolute Gasteiger partial charge is 0.410 e. The summed E-state index contributed by atoms with van der Waals surface area (Å²) in [5.41, 5.74) is -1.10. The van der Waals surface area contributed by atoms with Crippen LogP contribution in [-0.4, -0.2) is 41.2 Å². The van der Waals surface area contributed by atoms with Crippen molar-refractivity contribution >= 4 is 23.7 Å². The molecule has 1 rings (SSSR count). The summed E-state index contributed by atoms with van der Waals surface area (Å²) in [6.45, 7) is 10.3. The van der Waals surface area contributed by atoms with Crippen molar-refractivity contribution in [2.45, 2.75) is 58.6 Å². The number of ether oxygens (including phenoxy) is 2. The van der Waals surface area contributed by atoms with Crippen LogP contribution in [-0.2, 0) is 14.3 Å². The first-order valence-electron chi connectivity index (χ1n) is 7.42. The quantitative estimate of drug-likeness (QED) is 0.591. The topological polar surface area (TPSA) is 55.8 Å². The SMILES string of the molecule is CC(C)[C@H](Cl)OC(=O)C1CCN(C(=O)OC(C)(C)C)CC1. The number of piperidine rings is 1. The lowest BCUT2D eigenvalue weighted by molar-refractivity contribution is -0.153. The molecule has 0 aromatic rings. The Morgan fingerprint density at radius 3 is 2.14 bits per heavy atom. The van der Waals surface area contributed by atoms with Gasteiger partial charge in [-0.2, -0.15) is 0 Å². The van der Waals surface area contributed by atoms with Gasteiger partial charge in [-0.3, -0.25) is 4.79 Å². The van der Waals surface area contributed by atoms with E-state index in [1.54, 1.807) is 4.90 Å². The molecule has 0 saturated carbocycles. The van der Waals surface area contributed by atoms with E-state index < -0.39 is 11.2 Å². The van der Waals surface area contributed by atoms with Crippen LogP contribution in [0.5, 0.6) is 0 Å². The predicted octanol–water partition coefficient (Wildman–Crippen LogP) is 3.40. The van der Waals surface area contributed by atoms with Gasteiger partial charge in [0.05, 0.1) is 5.92 Å². The van der Waals surface area contributed by atoms with Crippen molar-refractivity contribution in [2.75, 3.05) is 13.1 Å². The number of hydrogen-bond acceptors (Lipinski definition) is 4. The summed E-state index contributed by atoms with van der Waals surface area (Å²) in [6, 6.07) is 0. The second kappa shape index (κ2) is 7.34. The highest BCUT2D eigenvalue weighted by molar-refractivity contribution is 6.20. The van der Waals surface area contributed by atoms with E-state index in [4.69, 9.17) is 21.1 Å². The molecule has 0 unspecified atom stereocenters. The van der Waals surface area contributed by atoms with Gasteiger partial charge in [0.15, 0.2) is 5.56 Å². The Morgan fingerprint density at radius 1 is 1.19 bits per heavy atom. The Morgan fingerprint density at radius 2 is 1.71 bits per heavy atom. The molecule has 1 aliphatic rings. The summed E-state index contributed by atoms with van der Waals surface area (Å²) < 4.78 is 10.5. The predicted molar refractivity (Wildman–Crippen MR) is 81.1 cm³/mol. The van der Waals surface area contributed by atoms with Gasteiger partial charge in [-0.15, -0.1) is 0 Å². The first-order chi connectivity index (χ1) is 9.60. The summed E-state index contributed by atoms with van der Waals surface area (Å²) in [4.78, 5) is 25.5. The molecule has 1 aliphatic heterocycles. The van der Waals surface area contributed by atoms with Crippen molar-refractivity contribution < 1.29 is 19.1 Å². The van der Waals surface area contributed by atoms with Gasteiger partial charge in [-0.25, -0.2) is 4.79 Å². The summed E-state index contributed by atoms with van der Waals surface area (Å²) in [7, 11) is 0. The maximum atomic E-state index is 12.0. The van der Waals surface area contributed by atoms with Crippen molar-refractivity contribution in [3.8, 4) is 0 Å². The van der Waals surface area contributed by atoms with Crippen molar-refractivity contribution in [1.29, 1.82) is 0 Å². The lowest BCUT2D eigenvalue weighted by atomic mass is 9.97. The Labute approximate surface area is 131 Å². The molecule has 0 aromatic carbocycles. The second-order valence-corrected chi connectivity index (χ2v) is 7.20. The van der Waals surface area contributed by atoms with Crippen molar-refractivity contribution in [2.24, 2.45) is 11.8 Å². The fraction of sp³-hybridized carbons (Fsp3) is 0.867. The third-order valence-corrected chi connectivity index (χ3v) is 3.83. The van der Waals surface area contributed by atoms with E-state index in [9.17, 15) is 9.59 Å². The number of amides is 1. The largest absolute Gasteiger partial charge is 0.445 e. The molecule has 0 aromatic heterocycles. The third kappa shape index (κ3) is 6.12. The van der Waals surface area contributed by atoms with E-state index in [1.807, 2.05) is 34.6 Å². The normalized spacial score (nSPS) is 18.5. The molecule has 122 valence electrons. The Bertz CT molecular complexity index is 370. The average molecular weight is 320 g/mol. The monoisotopic (exact) mass is 319 g/mol. The van der Waals surface area contributed by atoms with Crippen LogP contribution in [0.3, 0.4) is 0 Å². The average Bonchev–Trinajstić information content (AvgIpc) is 2.36. The van der Waals surface area contributed by atoms with E-state index in [0.717, 1.165) is 0 Å². The summed E-state index contributed by atoms with van der Waals surface area (Å²) in [6.07, 6.45) is 0.839. The molecular weight excluding hydrogens is 294 g/mol. The number of nitrogens with zero attached hydrogens (tertiary/aromatic N) is 1. The highest BCUT2D eigenvalue weighted by atomic mass is 35.5. The summed E-state index contributed by atoms with van der Waals surface area (Å²) in [5.74, 6) is -0.381. The maximum Gasteiger partial charge on any atom is 0.410 e. The molecule has 0 N–H and O–H groups in total. The molecule has 1 atom stereocenters. The molecule has 0 radical (unpaired) electrons. The molecule has 0 spiro atoms. The van der Waals surface area contributed by atoms with Crippen molar-refractivity contribution in [3.63, 3.8) is 0 Å². The summed E-state index contributed by atoms with van der Waals surface area (Å²) >= 11 is 5.95. The van der Waals surface area contributed by atoms with Gasteiger partial charge in [0.1, 0.15) is 5.60 Å². The molecular formula is C15H26ClNO4. The molecule has 1 heterocycles. The summed E-state index contributed by atoms with van der Waals surface area (Å²) in [5, 5.41) is 0. The van der Waals surface area contributed by atoms with E-state index in [1.165, 1.54) is 0 Å². The second-order valence-electron chi connectivity index (χ2n) is 6.77. The first-order valence-corrected chi connectivity index (χ1v) is 7.86. The fourth-order valence-electron chi connectivity index (χ4n) is 1.97. The van der Waals surface area contributed by atoms with Gasteiger partial charge in [0.2, 0.25) is 0 Å². The van der Waals surface area contributed by atoms with Crippen LogP contribution in [0.4, 0.5) is 4.79 Å². The number of hydrogen-bond donors (Lipinski definition) is 0. The minimum atomic E-state index is -0.596. The Balaban J connectivity index is 2.41. The zero-order chi connectivity index (χ0) is 16.2. The maximum absolute atomic E-state index is 12.0. The minimum Gasteiger partial charge on any atom is -0.445 e. The van der Waals surface area contributed by atoms with Gasteiger partial charge < -0.3 is 14.4 Å². The molecule has 6 heteroatoms. The van der Waals surface area contributed by atoms with E-state index in [2.05, 4.69) is 0 Å². The van der Waals surface area contributed by atoms with Crippen LogP contribution in [0.1, 0.15) is 47.5 Å². The van der Waals surface area contributed by atoms with Crippen molar-refractivity contribution in [1.82, 2.24) is 4.90 Å². The number of carbonyl (C=O) groups is 2. The van der Waals surface area contributed by atoms with Crippen molar-refractivity contribution in [3.05, 3.63) is 0 Å². The molecule has 1 saturated heterocycles. The molecule has 21 heavy (non-hydrogen) atoms. The van der Waals surface area contributed by atoms with E-state index >= 15 is 0 Å². The highest BCUT2D eigenvalue weighted by Crippen LogP contribution is 2.23. The van der Waals surface area contributed by atoms with Crippen LogP contribution >= 0.6 is 11.6 Å². The van der Waals surface area contributed by atoms with Gasteiger partial charge in [-0.1, -0.05) is 25.4 Å². The molecule has 0 aliphatic carbocycles. The van der Waals surface area contributed by atoms with Gasteiger partial charge >= 0.3 is 12.1 Å². The molecule has 1 fully saturated rings. The highest BCUT2D eigenvalue weighted by Gasteiger charge is 2.31. The minimum absolute atomic E-state index is 0.0810. The molecule has 5 nitrogen and oxygen atoms in total. The fourth-order valence-corrected chi connectivity index (χ4v) is 2.06. The van der Waals surface area contributed by atoms with Crippen LogP contribution in [0.25, 0.3) is 0 Å². The standard InChI is InChI=1S/C15H26ClNO4/c1-10(2)12(16)20-13(18)11-6-8-17(9-7-11)14(19)21-15(3,4)5/h10-12H,6-9H2,1-5H3/t12-/m1/s1. The van der Waals surface area contributed by atoms with Crippen LogP contribution in [0.15, 0.2) is 0 Å². The number of carbonyl (C=O) groups excluding carboxylic acids is 2. The Kier molecular flexibility index (Phi) is 6.32. The first kappa shape index (κ1) is 18.1. The van der Waals surface area contributed by atoms with Crippen LogP contribution in [0.2, 0.25) is 0 Å². The van der Waals surface area contributed by atoms with Crippen LogP contribution in [0, 0.1) is 11.8 Å². The number of alkyl halides is 1. The lowest BCUT2D eigenvalue weighted by Crippen LogP contribution is -2.43. The van der Waals surface area contributed by atoms with E-state index in [0.29, 0.717) is 25.9 Å². The van der Waals surface area contributed by atoms with Gasteiger partial charge in [-0.05, 0) is 33.6 Å². The Hall–Kier alpha value is -0.970. The zero-order valence-electron chi connectivity index (χ0n) is 13.5. The van der Waals surface area contributed by atoms with Crippen LogP contribution < -0.4 is 0 Å². The number of rotatable bonds is 3. The molecule has 0 bridgehead atoms. The van der Waals surface area contributed by atoms with Gasteiger partial charge in [0, 0.05) is 19.0 Å². The molecule has 1 amide bonds. The number of halogens is 1. The lowest BCUT2D eigenvalue weighted by Gasteiger charge is -2.33. The van der Waals surface area contributed by atoms with Gasteiger partial charge in [0.25, 0.3) is 0 Å². The zero-order valence-corrected chi connectivity index (χ0v) is 14.3. The number of likely N-dealkylation sites (tertiary alicyclic amines) is 1. The number of esters is 1. The third-order valence-electron chi connectivity index (χ3n) is 3.23. The van der Waals surface area contributed by atoms with E-state index in [-0.39, 0.29) is 23.9 Å².